The molecule has 1 atom stereocenters. The van der Waals surface area contributed by atoms with Gasteiger partial charge in [-0.05, 0) is 26.2 Å². The van der Waals surface area contributed by atoms with E-state index in [-0.39, 0.29) is 12.5 Å². The molecule has 2 N–H and O–H groups in total. The number of rotatable bonds is 5. The van der Waals surface area contributed by atoms with Gasteiger partial charge < -0.3 is 10.4 Å². The van der Waals surface area contributed by atoms with Gasteiger partial charge >= 0.3 is 0 Å². The number of hydrogen-bond donors (Lipinski definition) is 2. The lowest BCUT2D eigenvalue weighted by atomic mass is 9.94. The van der Waals surface area contributed by atoms with Gasteiger partial charge in [0.2, 0.25) is 0 Å². The molecule has 0 radical (unpaired) electrons. The molecule has 1 aromatic rings. The Morgan fingerprint density at radius 3 is 2.76 bits per heavy atom. The molecule has 0 aliphatic rings. The molecule has 0 saturated heterocycles. The third kappa shape index (κ3) is 4.44. The summed E-state index contributed by atoms with van der Waals surface area (Å²) in [6.45, 7) is 7.90. The second-order valence-electron chi connectivity index (χ2n) is 5.04. The quantitative estimate of drug-likeness (QED) is 0.846. The SMILES string of the molecule is Cc1ncsc1C(=O)NCC(C)(O)CC(C)C. The van der Waals surface area contributed by atoms with E-state index in [0.717, 1.165) is 5.69 Å². The van der Waals surface area contributed by atoms with E-state index in [1.54, 1.807) is 19.4 Å². The molecular weight excluding hydrogens is 236 g/mol. The van der Waals surface area contributed by atoms with Crippen LogP contribution in [0.15, 0.2) is 5.51 Å². The lowest BCUT2D eigenvalue weighted by molar-refractivity contribution is 0.0369. The first-order valence-electron chi connectivity index (χ1n) is 5.72. The number of aliphatic hydroxyl groups is 1. The Morgan fingerprint density at radius 1 is 1.65 bits per heavy atom. The second-order valence-corrected chi connectivity index (χ2v) is 5.90. The molecule has 5 heteroatoms. The predicted octanol–water partition coefficient (Wildman–Crippen LogP) is 1.98. The maximum Gasteiger partial charge on any atom is 0.263 e. The van der Waals surface area contributed by atoms with Gasteiger partial charge in [-0.15, -0.1) is 11.3 Å². The summed E-state index contributed by atoms with van der Waals surface area (Å²) >= 11 is 1.32. The number of carbonyl (C=O) groups excluding carboxylic acids is 1. The van der Waals surface area contributed by atoms with E-state index in [1.807, 2.05) is 13.8 Å². The first kappa shape index (κ1) is 14.1. The van der Waals surface area contributed by atoms with Crippen LogP contribution in [-0.2, 0) is 0 Å². The molecule has 1 unspecified atom stereocenters. The normalized spacial score (nSPS) is 14.7. The molecule has 1 amide bonds. The molecule has 4 nitrogen and oxygen atoms in total. The molecular formula is C12H20N2O2S. The van der Waals surface area contributed by atoms with Gasteiger partial charge in [0, 0.05) is 6.54 Å². The molecule has 0 spiro atoms. The van der Waals surface area contributed by atoms with E-state index < -0.39 is 5.60 Å². The van der Waals surface area contributed by atoms with Crippen LogP contribution >= 0.6 is 11.3 Å². The minimum absolute atomic E-state index is 0.158. The summed E-state index contributed by atoms with van der Waals surface area (Å²) in [5.74, 6) is 0.237. The fourth-order valence-electron chi connectivity index (χ4n) is 1.82. The summed E-state index contributed by atoms with van der Waals surface area (Å²) in [5, 5.41) is 12.8. The lowest BCUT2D eigenvalue weighted by Gasteiger charge is -2.25. The molecule has 17 heavy (non-hydrogen) atoms. The summed E-state index contributed by atoms with van der Waals surface area (Å²) in [6.07, 6.45) is 0.662. The zero-order chi connectivity index (χ0) is 13.1. The van der Waals surface area contributed by atoms with Crippen LogP contribution in [0.5, 0.6) is 0 Å². The summed E-state index contributed by atoms with van der Waals surface area (Å²) < 4.78 is 0. The van der Waals surface area contributed by atoms with Crippen LogP contribution in [0.4, 0.5) is 0 Å². The van der Waals surface area contributed by atoms with E-state index in [2.05, 4.69) is 10.3 Å². The number of aromatic nitrogens is 1. The average molecular weight is 256 g/mol. The number of thiazole rings is 1. The minimum Gasteiger partial charge on any atom is -0.388 e. The first-order valence-corrected chi connectivity index (χ1v) is 6.60. The van der Waals surface area contributed by atoms with Crippen molar-refractivity contribution >= 4 is 17.2 Å². The van der Waals surface area contributed by atoms with Crippen LogP contribution in [-0.4, -0.2) is 28.1 Å². The van der Waals surface area contributed by atoms with Crippen molar-refractivity contribution in [2.24, 2.45) is 5.92 Å². The Morgan fingerprint density at radius 2 is 2.29 bits per heavy atom. The van der Waals surface area contributed by atoms with E-state index >= 15 is 0 Å². The number of aryl methyl sites for hydroxylation is 1. The Bertz CT molecular complexity index is 386. The maximum absolute atomic E-state index is 11.8. The highest BCUT2D eigenvalue weighted by Gasteiger charge is 2.23. The zero-order valence-corrected chi connectivity index (χ0v) is 11.6. The van der Waals surface area contributed by atoms with Crippen LogP contribution in [0.3, 0.4) is 0 Å². The highest BCUT2D eigenvalue weighted by molar-refractivity contribution is 7.11. The highest BCUT2D eigenvalue weighted by Crippen LogP contribution is 2.16. The Kier molecular flexibility index (Phi) is 4.65. The third-order valence-corrected chi connectivity index (χ3v) is 3.36. The largest absolute Gasteiger partial charge is 0.388 e. The zero-order valence-electron chi connectivity index (χ0n) is 10.8. The van der Waals surface area contributed by atoms with Gasteiger partial charge in [0.15, 0.2) is 0 Å². The summed E-state index contributed by atoms with van der Waals surface area (Å²) in [4.78, 5) is 16.4. The second kappa shape index (κ2) is 5.60. The minimum atomic E-state index is -0.859. The van der Waals surface area contributed by atoms with Crippen LogP contribution in [0.25, 0.3) is 0 Å². The molecule has 0 bridgehead atoms. The van der Waals surface area contributed by atoms with E-state index in [4.69, 9.17) is 0 Å². The molecule has 0 aromatic carbocycles. The van der Waals surface area contributed by atoms with Crippen molar-refractivity contribution in [3.63, 3.8) is 0 Å². The van der Waals surface area contributed by atoms with Crippen LogP contribution in [0, 0.1) is 12.8 Å². The van der Waals surface area contributed by atoms with Crippen molar-refractivity contribution < 1.29 is 9.90 Å². The third-order valence-electron chi connectivity index (χ3n) is 2.43. The number of nitrogens with zero attached hydrogens (tertiary/aromatic N) is 1. The number of carbonyl (C=O) groups is 1. The van der Waals surface area contributed by atoms with Gasteiger partial charge in [-0.1, -0.05) is 13.8 Å². The van der Waals surface area contributed by atoms with E-state index in [9.17, 15) is 9.90 Å². The average Bonchev–Trinajstić information content (AvgIpc) is 2.59. The van der Waals surface area contributed by atoms with E-state index in [1.165, 1.54) is 11.3 Å². The summed E-state index contributed by atoms with van der Waals surface area (Å²) in [6, 6.07) is 0. The molecule has 0 saturated carbocycles. The van der Waals surface area contributed by atoms with Gasteiger partial charge in [-0.2, -0.15) is 0 Å². The maximum atomic E-state index is 11.8. The monoisotopic (exact) mass is 256 g/mol. The molecule has 96 valence electrons. The number of hydrogen-bond acceptors (Lipinski definition) is 4. The van der Waals surface area contributed by atoms with Crippen molar-refractivity contribution in [2.75, 3.05) is 6.54 Å². The fraction of sp³-hybridized carbons (Fsp3) is 0.667. The molecule has 1 heterocycles. The standard InChI is InChI=1S/C12H20N2O2S/c1-8(2)5-12(4,16)6-13-11(15)10-9(3)14-7-17-10/h7-8,16H,5-6H2,1-4H3,(H,13,15). The fourth-order valence-corrected chi connectivity index (χ4v) is 2.54. The lowest BCUT2D eigenvalue weighted by Crippen LogP contribution is -2.41. The summed E-state index contributed by atoms with van der Waals surface area (Å²) in [5.41, 5.74) is 1.52. The smallest absolute Gasteiger partial charge is 0.263 e. The van der Waals surface area contributed by atoms with Crippen molar-refractivity contribution in [2.45, 2.75) is 39.7 Å². The van der Waals surface area contributed by atoms with Crippen LogP contribution in [0.2, 0.25) is 0 Å². The number of amides is 1. The number of nitrogens with one attached hydrogen (secondary N) is 1. The van der Waals surface area contributed by atoms with Crippen molar-refractivity contribution in [3.05, 3.63) is 16.1 Å². The molecule has 0 aliphatic carbocycles. The van der Waals surface area contributed by atoms with Gasteiger partial charge in [0.1, 0.15) is 4.88 Å². The van der Waals surface area contributed by atoms with Gasteiger partial charge in [-0.25, -0.2) is 4.98 Å². The molecule has 0 fully saturated rings. The Hall–Kier alpha value is -0.940. The van der Waals surface area contributed by atoms with Gasteiger partial charge in [0.05, 0.1) is 16.8 Å². The van der Waals surface area contributed by atoms with Crippen molar-refractivity contribution in [1.82, 2.24) is 10.3 Å². The van der Waals surface area contributed by atoms with Gasteiger partial charge in [0.25, 0.3) is 5.91 Å². The van der Waals surface area contributed by atoms with Crippen LogP contribution < -0.4 is 5.32 Å². The van der Waals surface area contributed by atoms with Crippen molar-refractivity contribution in [1.29, 1.82) is 0 Å². The Labute approximate surface area is 106 Å². The molecule has 1 rings (SSSR count). The van der Waals surface area contributed by atoms with E-state index in [0.29, 0.717) is 17.2 Å². The van der Waals surface area contributed by atoms with Crippen LogP contribution in [0.1, 0.15) is 42.6 Å². The highest BCUT2D eigenvalue weighted by atomic mass is 32.1. The predicted molar refractivity (Wildman–Crippen MR) is 69.3 cm³/mol. The van der Waals surface area contributed by atoms with Gasteiger partial charge in [-0.3, -0.25) is 4.79 Å². The first-order chi connectivity index (χ1) is 7.82. The Balaban J connectivity index is 2.51. The van der Waals surface area contributed by atoms with Crippen molar-refractivity contribution in [3.8, 4) is 0 Å². The molecule has 0 aliphatic heterocycles. The molecule has 1 aromatic heterocycles. The topological polar surface area (TPSA) is 62.2 Å². The summed E-state index contributed by atoms with van der Waals surface area (Å²) in [7, 11) is 0.